The van der Waals surface area contributed by atoms with Gasteiger partial charge < -0.3 is 16.0 Å². The molecule has 3 N–H and O–H groups in total. The Labute approximate surface area is 140 Å². The lowest BCUT2D eigenvalue weighted by atomic mass is 10.2. The van der Waals surface area contributed by atoms with Crippen molar-refractivity contribution in [3.8, 4) is 0 Å². The summed E-state index contributed by atoms with van der Waals surface area (Å²) in [5.74, 6) is -0.306. The van der Waals surface area contributed by atoms with E-state index in [1.165, 1.54) is 6.92 Å². The number of nitrogens with one attached hydrogen (secondary N) is 3. The Balaban J connectivity index is 1.89. The van der Waals surface area contributed by atoms with Crippen LogP contribution in [0.4, 0.5) is 17.1 Å². The van der Waals surface area contributed by atoms with Crippen LogP contribution in [-0.2, 0) is 9.59 Å². The van der Waals surface area contributed by atoms with E-state index in [9.17, 15) is 9.59 Å². The molecule has 2 rings (SSSR count). The Hall–Kier alpha value is -2.53. The molecule has 120 valence electrons. The third-order valence-electron chi connectivity index (χ3n) is 3.13. The number of carbonyl (C=O) groups is 2. The minimum Gasteiger partial charge on any atom is -0.376 e. The van der Waals surface area contributed by atoms with Crippen molar-refractivity contribution in [3.63, 3.8) is 0 Å². The van der Waals surface area contributed by atoms with E-state index in [0.717, 1.165) is 11.3 Å². The number of benzene rings is 2. The number of halogens is 1. The topological polar surface area (TPSA) is 70.2 Å². The van der Waals surface area contributed by atoms with Crippen LogP contribution in [0.25, 0.3) is 0 Å². The van der Waals surface area contributed by atoms with Gasteiger partial charge in [-0.2, -0.15) is 0 Å². The second-order valence-corrected chi connectivity index (χ2v) is 5.56. The molecule has 0 saturated heterocycles. The van der Waals surface area contributed by atoms with Gasteiger partial charge in [-0.15, -0.1) is 0 Å². The molecule has 2 aromatic rings. The Morgan fingerprint density at radius 2 is 1.61 bits per heavy atom. The maximum Gasteiger partial charge on any atom is 0.243 e. The predicted octanol–water partition coefficient (Wildman–Crippen LogP) is 3.66. The van der Waals surface area contributed by atoms with Crippen LogP contribution in [0.2, 0.25) is 5.02 Å². The molecule has 0 radical (unpaired) electrons. The number of carbonyl (C=O) groups excluding carboxylic acids is 2. The molecule has 23 heavy (non-hydrogen) atoms. The first-order valence-corrected chi connectivity index (χ1v) is 7.49. The van der Waals surface area contributed by atoms with E-state index in [2.05, 4.69) is 16.0 Å². The molecule has 0 unspecified atom stereocenters. The summed E-state index contributed by atoms with van der Waals surface area (Å²) in [7, 11) is 0. The second-order valence-electron chi connectivity index (χ2n) is 5.12. The van der Waals surface area contributed by atoms with Gasteiger partial charge in [0.05, 0.1) is 6.54 Å². The molecule has 0 aliphatic carbocycles. The Bertz CT molecular complexity index is 714. The molecular formula is C17H18ClN3O2. The highest BCUT2D eigenvalue weighted by molar-refractivity contribution is 6.30. The summed E-state index contributed by atoms with van der Waals surface area (Å²) in [4.78, 5) is 22.9. The lowest BCUT2D eigenvalue weighted by Crippen LogP contribution is -2.22. The van der Waals surface area contributed by atoms with Crippen LogP contribution in [0.15, 0.2) is 42.5 Å². The van der Waals surface area contributed by atoms with E-state index < -0.39 is 0 Å². The number of anilines is 3. The summed E-state index contributed by atoms with van der Waals surface area (Å²) < 4.78 is 0. The van der Waals surface area contributed by atoms with E-state index in [4.69, 9.17) is 11.6 Å². The minimum absolute atomic E-state index is 0.134. The molecule has 0 fully saturated rings. The molecule has 0 bridgehead atoms. The lowest BCUT2D eigenvalue weighted by Gasteiger charge is -2.11. The molecule has 0 saturated carbocycles. The highest BCUT2D eigenvalue weighted by Gasteiger charge is 2.05. The van der Waals surface area contributed by atoms with E-state index in [0.29, 0.717) is 16.4 Å². The number of rotatable bonds is 5. The largest absolute Gasteiger partial charge is 0.376 e. The standard InChI is InChI=1S/C17H18ClN3O2/c1-11-3-4-13(18)9-16(11)19-10-17(23)21-15-7-5-14(6-8-15)20-12(2)22/h3-9,19H,10H2,1-2H3,(H,20,22)(H,21,23). The van der Waals surface area contributed by atoms with Crippen molar-refractivity contribution in [3.05, 3.63) is 53.1 Å². The van der Waals surface area contributed by atoms with Crippen LogP contribution >= 0.6 is 11.6 Å². The van der Waals surface area contributed by atoms with Gasteiger partial charge in [0, 0.05) is 29.0 Å². The quantitative estimate of drug-likeness (QED) is 0.783. The van der Waals surface area contributed by atoms with Gasteiger partial charge in [0.1, 0.15) is 0 Å². The highest BCUT2D eigenvalue weighted by Crippen LogP contribution is 2.20. The van der Waals surface area contributed by atoms with Crippen LogP contribution in [-0.4, -0.2) is 18.4 Å². The van der Waals surface area contributed by atoms with Crippen molar-refractivity contribution in [2.45, 2.75) is 13.8 Å². The maximum atomic E-state index is 12.0. The Morgan fingerprint density at radius 3 is 2.22 bits per heavy atom. The van der Waals surface area contributed by atoms with Gasteiger partial charge in [-0.05, 0) is 48.9 Å². The molecule has 5 nitrogen and oxygen atoms in total. The Kier molecular flexibility index (Phi) is 5.60. The zero-order chi connectivity index (χ0) is 16.8. The molecule has 0 spiro atoms. The normalized spacial score (nSPS) is 10.0. The fraction of sp³-hybridized carbons (Fsp3) is 0.176. The van der Waals surface area contributed by atoms with E-state index >= 15 is 0 Å². The number of hydrogen-bond acceptors (Lipinski definition) is 3. The fourth-order valence-electron chi connectivity index (χ4n) is 2.01. The van der Waals surface area contributed by atoms with E-state index in [1.807, 2.05) is 13.0 Å². The van der Waals surface area contributed by atoms with Gasteiger partial charge >= 0.3 is 0 Å². The summed E-state index contributed by atoms with van der Waals surface area (Å²) in [6, 6.07) is 12.4. The third kappa shape index (κ3) is 5.30. The highest BCUT2D eigenvalue weighted by atomic mass is 35.5. The predicted molar refractivity (Wildman–Crippen MR) is 94.1 cm³/mol. The molecule has 0 aliphatic heterocycles. The average Bonchev–Trinajstić information content (AvgIpc) is 2.50. The lowest BCUT2D eigenvalue weighted by molar-refractivity contribution is -0.115. The van der Waals surface area contributed by atoms with Crippen LogP contribution in [0.1, 0.15) is 12.5 Å². The summed E-state index contributed by atoms with van der Waals surface area (Å²) in [6.45, 7) is 3.52. The van der Waals surface area contributed by atoms with Crippen molar-refractivity contribution in [1.82, 2.24) is 0 Å². The third-order valence-corrected chi connectivity index (χ3v) is 3.36. The molecule has 2 amide bonds. The monoisotopic (exact) mass is 331 g/mol. The first-order valence-electron chi connectivity index (χ1n) is 7.11. The number of amides is 2. The van der Waals surface area contributed by atoms with Crippen LogP contribution in [0.5, 0.6) is 0 Å². The SMILES string of the molecule is CC(=O)Nc1ccc(NC(=O)CNc2cc(Cl)ccc2C)cc1. The number of aryl methyl sites for hydroxylation is 1. The van der Waals surface area contributed by atoms with Gasteiger partial charge in [-0.1, -0.05) is 17.7 Å². The minimum atomic E-state index is -0.170. The summed E-state index contributed by atoms with van der Waals surface area (Å²) in [5.41, 5.74) is 3.19. The zero-order valence-electron chi connectivity index (χ0n) is 12.9. The van der Waals surface area contributed by atoms with Crippen LogP contribution < -0.4 is 16.0 Å². The zero-order valence-corrected chi connectivity index (χ0v) is 13.7. The number of hydrogen-bond donors (Lipinski definition) is 3. The van der Waals surface area contributed by atoms with Gasteiger partial charge in [-0.25, -0.2) is 0 Å². The van der Waals surface area contributed by atoms with Crippen molar-refractivity contribution in [2.24, 2.45) is 0 Å². The van der Waals surface area contributed by atoms with Gasteiger partial charge in [-0.3, -0.25) is 9.59 Å². The molecule has 2 aromatic carbocycles. The summed E-state index contributed by atoms with van der Waals surface area (Å²) in [6.07, 6.45) is 0. The molecule has 0 aromatic heterocycles. The van der Waals surface area contributed by atoms with Gasteiger partial charge in [0.25, 0.3) is 0 Å². The van der Waals surface area contributed by atoms with Crippen LogP contribution in [0, 0.1) is 6.92 Å². The molecule has 0 atom stereocenters. The van der Waals surface area contributed by atoms with Crippen molar-refractivity contribution in [1.29, 1.82) is 0 Å². The molecular weight excluding hydrogens is 314 g/mol. The van der Waals surface area contributed by atoms with Gasteiger partial charge in [0.15, 0.2) is 0 Å². The average molecular weight is 332 g/mol. The van der Waals surface area contributed by atoms with Crippen molar-refractivity contribution in [2.75, 3.05) is 22.5 Å². The molecule has 0 heterocycles. The second kappa shape index (κ2) is 7.65. The van der Waals surface area contributed by atoms with Crippen molar-refractivity contribution < 1.29 is 9.59 Å². The van der Waals surface area contributed by atoms with Gasteiger partial charge in [0.2, 0.25) is 11.8 Å². The summed E-state index contributed by atoms with van der Waals surface area (Å²) in [5, 5.41) is 9.12. The summed E-state index contributed by atoms with van der Waals surface area (Å²) >= 11 is 5.94. The fourth-order valence-corrected chi connectivity index (χ4v) is 2.18. The van der Waals surface area contributed by atoms with Crippen molar-refractivity contribution >= 4 is 40.5 Å². The first kappa shape index (κ1) is 16.8. The van der Waals surface area contributed by atoms with E-state index in [-0.39, 0.29) is 18.4 Å². The maximum absolute atomic E-state index is 12.0. The smallest absolute Gasteiger partial charge is 0.243 e. The molecule has 0 aliphatic rings. The Morgan fingerprint density at radius 1 is 1.00 bits per heavy atom. The van der Waals surface area contributed by atoms with E-state index in [1.54, 1.807) is 36.4 Å². The molecule has 6 heteroatoms. The first-order chi connectivity index (χ1) is 10.9. The van der Waals surface area contributed by atoms with Crippen LogP contribution in [0.3, 0.4) is 0 Å².